The zero-order valence-corrected chi connectivity index (χ0v) is 11.5. The lowest BCUT2D eigenvalue weighted by Crippen LogP contribution is -2.41. The van der Waals surface area contributed by atoms with Crippen molar-refractivity contribution in [2.45, 2.75) is 19.4 Å². The third-order valence-corrected chi connectivity index (χ3v) is 3.12. The highest BCUT2D eigenvalue weighted by molar-refractivity contribution is 7.98. The lowest BCUT2D eigenvalue weighted by Gasteiger charge is -2.13. The van der Waals surface area contributed by atoms with Crippen molar-refractivity contribution in [2.75, 3.05) is 12.0 Å². The van der Waals surface area contributed by atoms with E-state index in [2.05, 4.69) is 10.4 Å². The minimum atomic E-state index is -1.01. The van der Waals surface area contributed by atoms with Gasteiger partial charge in [-0.15, -0.1) is 0 Å². The van der Waals surface area contributed by atoms with Crippen LogP contribution in [-0.4, -0.2) is 44.8 Å². The van der Waals surface area contributed by atoms with E-state index in [4.69, 9.17) is 5.11 Å². The number of aryl methyl sites for hydroxylation is 2. The summed E-state index contributed by atoms with van der Waals surface area (Å²) in [5.74, 6) is -0.725. The molecule has 0 aliphatic carbocycles. The second-order valence-electron chi connectivity index (χ2n) is 3.95. The van der Waals surface area contributed by atoms with Crippen LogP contribution in [0.4, 0.5) is 0 Å². The summed E-state index contributed by atoms with van der Waals surface area (Å²) in [5, 5.41) is 15.6. The van der Waals surface area contributed by atoms with Gasteiger partial charge in [-0.05, 0) is 25.4 Å². The molecule has 1 aromatic heterocycles. The quantitative estimate of drug-likeness (QED) is 0.794. The summed E-state index contributed by atoms with van der Waals surface area (Å²) < 4.78 is 1.53. The Balaban J connectivity index is 2.72. The van der Waals surface area contributed by atoms with Crippen LogP contribution in [0.25, 0.3) is 0 Å². The smallest absolute Gasteiger partial charge is 0.326 e. The Morgan fingerprint density at radius 1 is 1.61 bits per heavy atom. The summed E-state index contributed by atoms with van der Waals surface area (Å²) in [6.07, 6.45) is 3.88. The van der Waals surface area contributed by atoms with E-state index >= 15 is 0 Å². The Kier molecular flexibility index (Phi) is 5.21. The van der Waals surface area contributed by atoms with E-state index in [1.807, 2.05) is 6.26 Å². The molecule has 6 nitrogen and oxygen atoms in total. The summed E-state index contributed by atoms with van der Waals surface area (Å²) in [5.41, 5.74) is 0.997. The second-order valence-corrected chi connectivity index (χ2v) is 4.93. The minimum Gasteiger partial charge on any atom is -0.480 e. The fraction of sp³-hybridized carbons (Fsp3) is 0.545. The number of hydrogen-bond donors (Lipinski definition) is 2. The minimum absolute atomic E-state index is 0.394. The summed E-state index contributed by atoms with van der Waals surface area (Å²) >= 11 is 1.55. The molecule has 0 saturated heterocycles. The molecule has 0 spiro atoms. The molecule has 0 aliphatic rings. The van der Waals surface area contributed by atoms with E-state index in [1.165, 1.54) is 4.68 Å². The lowest BCUT2D eigenvalue weighted by atomic mass is 10.2. The maximum Gasteiger partial charge on any atom is 0.326 e. The number of carboxylic acids is 1. The van der Waals surface area contributed by atoms with Crippen molar-refractivity contribution in [1.82, 2.24) is 15.1 Å². The maximum absolute atomic E-state index is 11.9. The molecule has 0 fully saturated rings. The molecule has 1 aromatic rings. The first-order valence-electron chi connectivity index (χ1n) is 5.48. The summed E-state index contributed by atoms with van der Waals surface area (Å²) in [4.78, 5) is 22.9. The SMILES string of the molecule is CSCC[C@H](NC(=O)c1cn(C)nc1C)C(=O)O. The molecule has 0 radical (unpaired) electrons. The first-order valence-corrected chi connectivity index (χ1v) is 6.88. The van der Waals surface area contributed by atoms with Crippen molar-refractivity contribution in [1.29, 1.82) is 0 Å². The van der Waals surface area contributed by atoms with E-state index in [0.29, 0.717) is 23.4 Å². The van der Waals surface area contributed by atoms with Crippen molar-refractivity contribution in [3.05, 3.63) is 17.5 Å². The normalized spacial score (nSPS) is 12.2. The van der Waals surface area contributed by atoms with Crippen LogP contribution in [0, 0.1) is 6.92 Å². The largest absolute Gasteiger partial charge is 0.480 e. The van der Waals surface area contributed by atoms with E-state index in [9.17, 15) is 9.59 Å². The van der Waals surface area contributed by atoms with Crippen molar-refractivity contribution < 1.29 is 14.7 Å². The fourth-order valence-corrected chi connectivity index (χ4v) is 2.02. The van der Waals surface area contributed by atoms with Crippen LogP contribution in [0.3, 0.4) is 0 Å². The van der Waals surface area contributed by atoms with Gasteiger partial charge in [0.2, 0.25) is 0 Å². The van der Waals surface area contributed by atoms with Gasteiger partial charge < -0.3 is 10.4 Å². The monoisotopic (exact) mass is 271 g/mol. The molecule has 7 heteroatoms. The number of carbonyl (C=O) groups excluding carboxylic acids is 1. The van der Waals surface area contributed by atoms with Gasteiger partial charge in [0.15, 0.2) is 0 Å². The number of aromatic nitrogens is 2. The molecule has 0 saturated carbocycles. The zero-order chi connectivity index (χ0) is 13.7. The number of carbonyl (C=O) groups is 2. The molecular formula is C11H17N3O3S. The Labute approximate surface area is 110 Å². The third kappa shape index (κ3) is 3.76. The van der Waals surface area contributed by atoms with E-state index < -0.39 is 17.9 Å². The van der Waals surface area contributed by atoms with Gasteiger partial charge in [-0.2, -0.15) is 16.9 Å². The van der Waals surface area contributed by atoms with Crippen molar-refractivity contribution >= 4 is 23.6 Å². The van der Waals surface area contributed by atoms with E-state index in [-0.39, 0.29) is 0 Å². The molecule has 18 heavy (non-hydrogen) atoms. The highest BCUT2D eigenvalue weighted by Crippen LogP contribution is 2.07. The Bertz CT molecular complexity index is 445. The van der Waals surface area contributed by atoms with Crippen LogP contribution in [0.2, 0.25) is 0 Å². The standard InChI is InChI=1S/C11H17N3O3S/c1-7-8(6-14(2)13-7)10(15)12-9(11(16)17)4-5-18-3/h6,9H,4-5H2,1-3H3,(H,12,15)(H,16,17)/t9-/m0/s1. The summed E-state index contributed by atoms with van der Waals surface area (Å²) in [6.45, 7) is 1.71. The highest BCUT2D eigenvalue weighted by atomic mass is 32.2. The van der Waals surface area contributed by atoms with Crippen molar-refractivity contribution in [3.63, 3.8) is 0 Å². The van der Waals surface area contributed by atoms with Crippen molar-refractivity contribution in [3.8, 4) is 0 Å². The van der Waals surface area contributed by atoms with Crippen LogP contribution in [0.5, 0.6) is 0 Å². The molecular weight excluding hydrogens is 254 g/mol. The first-order chi connectivity index (χ1) is 8.45. The summed E-state index contributed by atoms with van der Waals surface area (Å²) in [7, 11) is 1.71. The number of hydrogen-bond acceptors (Lipinski definition) is 4. The van der Waals surface area contributed by atoms with Crippen molar-refractivity contribution in [2.24, 2.45) is 7.05 Å². The third-order valence-electron chi connectivity index (χ3n) is 2.47. The lowest BCUT2D eigenvalue weighted by molar-refractivity contribution is -0.139. The molecule has 1 amide bonds. The molecule has 100 valence electrons. The number of nitrogens with one attached hydrogen (secondary N) is 1. The molecule has 0 aliphatic heterocycles. The Morgan fingerprint density at radius 3 is 2.72 bits per heavy atom. The number of amides is 1. The summed E-state index contributed by atoms with van der Waals surface area (Å²) in [6, 6.07) is -0.857. The Hall–Kier alpha value is -1.50. The number of rotatable bonds is 6. The molecule has 1 rings (SSSR count). The van der Waals surface area contributed by atoms with Crippen LogP contribution < -0.4 is 5.32 Å². The predicted octanol–water partition coefficient (Wildman–Crippen LogP) is 0.665. The van der Waals surface area contributed by atoms with E-state index in [0.717, 1.165) is 0 Å². The highest BCUT2D eigenvalue weighted by Gasteiger charge is 2.22. The fourth-order valence-electron chi connectivity index (χ4n) is 1.55. The number of nitrogens with zero attached hydrogens (tertiary/aromatic N) is 2. The van der Waals surface area contributed by atoms with Crippen LogP contribution in [0.15, 0.2) is 6.20 Å². The average Bonchev–Trinajstić information content (AvgIpc) is 2.63. The Morgan fingerprint density at radius 2 is 2.28 bits per heavy atom. The predicted molar refractivity (Wildman–Crippen MR) is 69.8 cm³/mol. The van der Waals surface area contributed by atoms with Gasteiger partial charge in [0.1, 0.15) is 6.04 Å². The van der Waals surface area contributed by atoms with Gasteiger partial charge >= 0.3 is 5.97 Å². The molecule has 0 aromatic carbocycles. The van der Waals surface area contributed by atoms with Crippen LogP contribution >= 0.6 is 11.8 Å². The van der Waals surface area contributed by atoms with Gasteiger partial charge in [0.25, 0.3) is 5.91 Å². The number of thioether (sulfide) groups is 1. The molecule has 0 bridgehead atoms. The van der Waals surface area contributed by atoms with Gasteiger partial charge in [-0.3, -0.25) is 9.48 Å². The van der Waals surface area contributed by atoms with Crippen LogP contribution in [-0.2, 0) is 11.8 Å². The molecule has 1 atom stereocenters. The van der Waals surface area contributed by atoms with Gasteiger partial charge in [-0.25, -0.2) is 4.79 Å². The average molecular weight is 271 g/mol. The first kappa shape index (κ1) is 14.6. The molecule has 0 unspecified atom stereocenters. The second kappa shape index (κ2) is 6.44. The number of carboxylic acid groups (broad SMARTS) is 1. The maximum atomic E-state index is 11.9. The van der Waals surface area contributed by atoms with Gasteiger partial charge in [0.05, 0.1) is 11.3 Å². The van der Waals surface area contributed by atoms with E-state index in [1.54, 1.807) is 31.9 Å². The van der Waals surface area contributed by atoms with Gasteiger partial charge in [0, 0.05) is 13.2 Å². The van der Waals surface area contributed by atoms with Crippen LogP contribution in [0.1, 0.15) is 22.5 Å². The van der Waals surface area contributed by atoms with Gasteiger partial charge in [-0.1, -0.05) is 0 Å². The molecule has 1 heterocycles. The molecule has 2 N–H and O–H groups in total. The topological polar surface area (TPSA) is 84.2 Å². The number of aliphatic carboxylic acids is 1. The zero-order valence-electron chi connectivity index (χ0n) is 10.6.